The first kappa shape index (κ1) is 10.8. The molecule has 0 radical (unpaired) electrons. The van der Waals surface area contributed by atoms with Gasteiger partial charge in [-0.2, -0.15) is 12.6 Å². The zero-order valence-corrected chi connectivity index (χ0v) is 10.0. The molecular weight excluding hydrogens is 206 g/mol. The maximum absolute atomic E-state index is 12.1. The van der Waals surface area contributed by atoms with Gasteiger partial charge in [0.15, 0.2) is 0 Å². The third-order valence-electron chi connectivity index (χ3n) is 3.04. The van der Waals surface area contributed by atoms with E-state index in [4.69, 9.17) is 0 Å². The zero-order valence-electron chi connectivity index (χ0n) is 9.12. The number of fused-ring (bicyclic) bond motifs is 1. The van der Waals surface area contributed by atoms with Gasteiger partial charge in [0.1, 0.15) is 0 Å². The number of nitrogens with zero attached hydrogens (tertiary/aromatic N) is 1. The van der Waals surface area contributed by atoms with E-state index in [1.54, 1.807) is 0 Å². The van der Waals surface area contributed by atoms with Crippen LogP contribution in [-0.4, -0.2) is 4.57 Å². The van der Waals surface area contributed by atoms with Gasteiger partial charge in [-0.05, 0) is 37.3 Å². The first-order valence-electron chi connectivity index (χ1n) is 5.63. The van der Waals surface area contributed by atoms with E-state index >= 15 is 0 Å². The summed E-state index contributed by atoms with van der Waals surface area (Å²) in [5, 5.41) is 0. The lowest BCUT2D eigenvalue weighted by Crippen LogP contribution is -2.26. The summed E-state index contributed by atoms with van der Waals surface area (Å²) < 4.78 is 1.97. The number of pyridine rings is 1. The van der Waals surface area contributed by atoms with E-state index in [0.717, 1.165) is 31.4 Å². The van der Waals surface area contributed by atoms with Gasteiger partial charge < -0.3 is 4.57 Å². The van der Waals surface area contributed by atoms with Crippen LogP contribution in [-0.2, 0) is 25.1 Å². The Hall–Kier alpha value is -0.700. The van der Waals surface area contributed by atoms with Crippen molar-refractivity contribution in [3.63, 3.8) is 0 Å². The molecule has 0 bridgehead atoms. The number of hydrogen-bond donors (Lipinski definition) is 1. The average molecular weight is 223 g/mol. The van der Waals surface area contributed by atoms with Crippen molar-refractivity contribution in [3.05, 3.63) is 33.2 Å². The number of rotatable bonds is 3. The number of hydrogen-bond acceptors (Lipinski definition) is 2. The van der Waals surface area contributed by atoms with Gasteiger partial charge in [0.2, 0.25) is 0 Å². The van der Waals surface area contributed by atoms with E-state index in [9.17, 15) is 4.79 Å². The highest BCUT2D eigenvalue weighted by Crippen LogP contribution is 2.21. The van der Waals surface area contributed by atoms with Crippen LogP contribution in [0.4, 0.5) is 0 Å². The second-order valence-electron chi connectivity index (χ2n) is 4.11. The predicted octanol–water partition coefficient (Wildman–Crippen LogP) is 2.18. The molecule has 0 unspecified atom stereocenters. The molecule has 1 aromatic heterocycles. The fraction of sp³-hybridized carbons (Fsp3) is 0.583. The van der Waals surface area contributed by atoms with Gasteiger partial charge in [0.05, 0.1) is 0 Å². The Bertz CT molecular complexity index is 422. The molecule has 82 valence electrons. The molecule has 1 heterocycles. The molecule has 2 rings (SSSR count). The Morgan fingerprint density at radius 2 is 2.27 bits per heavy atom. The summed E-state index contributed by atoms with van der Waals surface area (Å²) in [4.78, 5) is 12.1. The lowest BCUT2D eigenvalue weighted by atomic mass is 10.1. The van der Waals surface area contributed by atoms with Gasteiger partial charge in [-0.1, -0.05) is 6.92 Å². The number of aryl methyl sites for hydroxylation is 1. The molecule has 2 nitrogen and oxygen atoms in total. The van der Waals surface area contributed by atoms with E-state index in [1.165, 1.54) is 17.7 Å². The normalized spacial score (nSPS) is 14.3. The molecule has 0 fully saturated rings. The maximum Gasteiger partial charge on any atom is 0.254 e. The Kier molecular flexibility index (Phi) is 3.19. The quantitative estimate of drug-likeness (QED) is 0.779. The topological polar surface area (TPSA) is 22.0 Å². The SMILES string of the molecule is CCCn1c2c(cc(CS)c1=O)CCC2. The van der Waals surface area contributed by atoms with Crippen molar-refractivity contribution in [1.29, 1.82) is 0 Å². The van der Waals surface area contributed by atoms with Crippen molar-refractivity contribution in [2.75, 3.05) is 0 Å². The van der Waals surface area contributed by atoms with Gasteiger partial charge in [-0.25, -0.2) is 0 Å². The molecular formula is C12H17NOS. The Morgan fingerprint density at radius 3 is 2.93 bits per heavy atom. The van der Waals surface area contributed by atoms with E-state index in [2.05, 4.69) is 25.6 Å². The maximum atomic E-state index is 12.1. The summed E-state index contributed by atoms with van der Waals surface area (Å²) in [6, 6.07) is 2.06. The molecule has 3 heteroatoms. The largest absolute Gasteiger partial charge is 0.312 e. The van der Waals surface area contributed by atoms with Gasteiger partial charge in [-0.15, -0.1) is 0 Å². The molecule has 0 atom stereocenters. The lowest BCUT2D eigenvalue weighted by molar-refractivity contribution is 0.620. The van der Waals surface area contributed by atoms with Crippen molar-refractivity contribution in [1.82, 2.24) is 4.57 Å². The summed E-state index contributed by atoms with van der Waals surface area (Å²) in [6.45, 7) is 2.96. The summed E-state index contributed by atoms with van der Waals surface area (Å²) in [5.74, 6) is 0.551. The van der Waals surface area contributed by atoms with Gasteiger partial charge >= 0.3 is 0 Å². The summed E-state index contributed by atoms with van der Waals surface area (Å²) in [6.07, 6.45) is 4.40. The lowest BCUT2D eigenvalue weighted by Gasteiger charge is -2.12. The zero-order chi connectivity index (χ0) is 10.8. The molecule has 0 aliphatic heterocycles. The van der Waals surface area contributed by atoms with Crippen LogP contribution < -0.4 is 5.56 Å². The average Bonchev–Trinajstić information content (AvgIpc) is 2.69. The fourth-order valence-corrected chi connectivity index (χ4v) is 2.58. The molecule has 15 heavy (non-hydrogen) atoms. The smallest absolute Gasteiger partial charge is 0.254 e. The Balaban J connectivity index is 2.58. The monoisotopic (exact) mass is 223 g/mol. The van der Waals surface area contributed by atoms with Crippen LogP contribution >= 0.6 is 12.6 Å². The molecule has 0 saturated carbocycles. The Morgan fingerprint density at radius 1 is 1.47 bits per heavy atom. The molecule has 0 saturated heterocycles. The van der Waals surface area contributed by atoms with Crippen LogP contribution in [0.1, 0.15) is 36.6 Å². The molecule has 0 N–H and O–H groups in total. The first-order valence-corrected chi connectivity index (χ1v) is 6.26. The van der Waals surface area contributed by atoms with Crippen LogP contribution in [0, 0.1) is 0 Å². The summed E-state index contributed by atoms with van der Waals surface area (Å²) in [5.41, 5.74) is 3.67. The highest BCUT2D eigenvalue weighted by molar-refractivity contribution is 7.79. The minimum absolute atomic E-state index is 0.174. The van der Waals surface area contributed by atoms with Crippen molar-refractivity contribution in [3.8, 4) is 0 Å². The molecule has 1 aliphatic rings. The van der Waals surface area contributed by atoms with Crippen LogP contribution in [0.3, 0.4) is 0 Å². The second-order valence-corrected chi connectivity index (χ2v) is 4.43. The van der Waals surface area contributed by atoms with E-state index in [0.29, 0.717) is 5.75 Å². The second kappa shape index (κ2) is 4.44. The van der Waals surface area contributed by atoms with Crippen molar-refractivity contribution < 1.29 is 0 Å². The summed E-state index contributed by atoms with van der Waals surface area (Å²) >= 11 is 4.22. The molecule has 1 aromatic rings. The number of aromatic nitrogens is 1. The molecule has 0 amide bonds. The van der Waals surface area contributed by atoms with Crippen LogP contribution in [0.2, 0.25) is 0 Å². The van der Waals surface area contributed by atoms with Crippen LogP contribution in [0.25, 0.3) is 0 Å². The molecule has 0 aromatic carbocycles. The number of thiol groups is 1. The van der Waals surface area contributed by atoms with Crippen LogP contribution in [0.15, 0.2) is 10.9 Å². The van der Waals surface area contributed by atoms with E-state index in [-0.39, 0.29) is 5.56 Å². The third-order valence-corrected chi connectivity index (χ3v) is 3.38. The van der Waals surface area contributed by atoms with Gasteiger partial charge in [0, 0.05) is 23.6 Å². The highest BCUT2D eigenvalue weighted by Gasteiger charge is 2.17. The van der Waals surface area contributed by atoms with Crippen molar-refractivity contribution in [2.45, 2.75) is 44.9 Å². The Labute approximate surface area is 95.7 Å². The van der Waals surface area contributed by atoms with Crippen LogP contribution in [0.5, 0.6) is 0 Å². The first-order chi connectivity index (χ1) is 7.27. The summed E-state index contributed by atoms with van der Waals surface area (Å²) in [7, 11) is 0. The fourth-order valence-electron chi connectivity index (χ4n) is 2.36. The van der Waals surface area contributed by atoms with Gasteiger partial charge in [0.25, 0.3) is 5.56 Å². The van der Waals surface area contributed by atoms with E-state index in [1.807, 2.05) is 4.57 Å². The van der Waals surface area contributed by atoms with Crippen molar-refractivity contribution >= 4 is 12.6 Å². The van der Waals surface area contributed by atoms with E-state index < -0.39 is 0 Å². The predicted molar refractivity (Wildman–Crippen MR) is 65.7 cm³/mol. The van der Waals surface area contributed by atoms with Gasteiger partial charge in [-0.3, -0.25) is 4.79 Å². The molecule has 1 aliphatic carbocycles. The molecule has 0 spiro atoms. The highest BCUT2D eigenvalue weighted by atomic mass is 32.1. The minimum atomic E-state index is 0.174. The van der Waals surface area contributed by atoms with Crippen molar-refractivity contribution in [2.24, 2.45) is 0 Å². The standard InChI is InChI=1S/C12H17NOS/c1-2-6-13-11-5-3-4-9(11)7-10(8-15)12(13)14/h7,15H,2-6,8H2,1H3. The minimum Gasteiger partial charge on any atom is -0.312 e. The third kappa shape index (κ3) is 1.85.